The topological polar surface area (TPSA) is 62.7 Å². The van der Waals surface area contributed by atoms with Crippen LogP contribution in [0.5, 0.6) is 5.88 Å². The number of nitrogens with zero attached hydrogens (tertiary/aromatic N) is 3. The van der Waals surface area contributed by atoms with Gasteiger partial charge in [0.25, 0.3) is 0 Å². The minimum atomic E-state index is -3.44. The van der Waals surface area contributed by atoms with Crippen LogP contribution in [-0.2, 0) is 10.0 Å². The second-order valence-electron chi connectivity index (χ2n) is 5.21. The van der Waals surface area contributed by atoms with E-state index in [0.29, 0.717) is 19.0 Å². The summed E-state index contributed by atoms with van der Waals surface area (Å²) in [5, 5.41) is 0. The predicted octanol–water partition coefficient (Wildman–Crippen LogP) is 0.805. The highest BCUT2D eigenvalue weighted by Gasteiger charge is 2.27. The van der Waals surface area contributed by atoms with E-state index in [1.807, 2.05) is 20.9 Å². The van der Waals surface area contributed by atoms with E-state index >= 15 is 0 Å². The van der Waals surface area contributed by atoms with E-state index in [0.717, 1.165) is 13.1 Å². The number of piperazine rings is 1. The lowest BCUT2D eigenvalue weighted by Crippen LogP contribution is -2.47. The van der Waals surface area contributed by atoms with Crippen molar-refractivity contribution >= 4 is 10.0 Å². The van der Waals surface area contributed by atoms with Crippen LogP contribution in [0.2, 0.25) is 0 Å². The second kappa shape index (κ2) is 6.07. The molecule has 6 nitrogen and oxygen atoms in total. The molecule has 1 fully saturated rings. The third-order valence-electron chi connectivity index (χ3n) is 3.17. The van der Waals surface area contributed by atoms with Gasteiger partial charge < -0.3 is 9.64 Å². The first kappa shape index (κ1) is 15.2. The number of rotatable bonds is 4. The van der Waals surface area contributed by atoms with Crippen molar-refractivity contribution < 1.29 is 13.2 Å². The Bertz CT molecular complexity index is 534. The lowest BCUT2D eigenvalue weighted by molar-refractivity contribution is 0.222. The normalized spacial score (nSPS) is 18.4. The van der Waals surface area contributed by atoms with Gasteiger partial charge in [0.1, 0.15) is 4.90 Å². The zero-order chi connectivity index (χ0) is 14.8. The molecule has 1 aromatic rings. The van der Waals surface area contributed by atoms with Gasteiger partial charge in [-0.3, -0.25) is 0 Å². The lowest BCUT2D eigenvalue weighted by Gasteiger charge is -2.31. The third kappa shape index (κ3) is 3.47. The first-order chi connectivity index (χ1) is 9.39. The van der Waals surface area contributed by atoms with Crippen LogP contribution in [0.25, 0.3) is 0 Å². The van der Waals surface area contributed by atoms with Gasteiger partial charge in [-0.2, -0.15) is 4.31 Å². The van der Waals surface area contributed by atoms with Gasteiger partial charge in [0.15, 0.2) is 0 Å². The summed E-state index contributed by atoms with van der Waals surface area (Å²) in [5.41, 5.74) is 0. The summed E-state index contributed by atoms with van der Waals surface area (Å²) in [6.45, 7) is 6.34. The smallest absolute Gasteiger partial charge is 0.244 e. The van der Waals surface area contributed by atoms with Crippen molar-refractivity contribution in [2.24, 2.45) is 0 Å². The van der Waals surface area contributed by atoms with Crippen molar-refractivity contribution in [3.05, 3.63) is 18.3 Å². The second-order valence-corrected chi connectivity index (χ2v) is 7.14. The number of sulfonamides is 1. The summed E-state index contributed by atoms with van der Waals surface area (Å²) in [5.74, 6) is 0.442. The van der Waals surface area contributed by atoms with Crippen molar-refractivity contribution in [2.45, 2.75) is 24.8 Å². The summed E-state index contributed by atoms with van der Waals surface area (Å²) in [6, 6.07) is 3.15. The summed E-state index contributed by atoms with van der Waals surface area (Å²) in [7, 11) is -1.45. The Kier molecular flexibility index (Phi) is 4.62. The minimum Gasteiger partial charge on any atom is -0.475 e. The molecule has 1 saturated heterocycles. The van der Waals surface area contributed by atoms with E-state index in [1.165, 1.54) is 10.5 Å². The van der Waals surface area contributed by atoms with Gasteiger partial charge in [-0.15, -0.1) is 0 Å². The molecule has 112 valence electrons. The Labute approximate surface area is 120 Å². The quantitative estimate of drug-likeness (QED) is 0.823. The van der Waals surface area contributed by atoms with Crippen molar-refractivity contribution in [1.29, 1.82) is 0 Å². The molecule has 2 heterocycles. The number of hydrogen-bond acceptors (Lipinski definition) is 5. The van der Waals surface area contributed by atoms with Gasteiger partial charge in [0.05, 0.1) is 12.3 Å². The van der Waals surface area contributed by atoms with Gasteiger partial charge in [-0.25, -0.2) is 13.4 Å². The summed E-state index contributed by atoms with van der Waals surface area (Å²) in [6.07, 6.45) is 1.38. The lowest BCUT2D eigenvalue weighted by atomic mass is 10.4. The third-order valence-corrected chi connectivity index (χ3v) is 5.05. The van der Waals surface area contributed by atoms with E-state index in [9.17, 15) is 8.42 Å². The van der Waals surface area contributed by atoms with Crippen LogP contribution in [0, 0.1) is 0 Å². The van der Waals surface area contributed by atoms with Crippen molar-refractivity contribution in [1.82, 2.24) is 14.2 Å². The molecule has 0 aliphatic carbocycles. The van der Waals surface area contributed by atoms with Crippen LogP contribution >= 0.6 is 0 Å². The Morgan fingerprint density at radius 2 is 1.85 bits per heavy atom. The van der Waals surface area contributed by atoms with Crippen LogP contribution in [0.15, 0.2) is 23.2 Å². The van der Waals surface area contributed by atoms with E-state index in [2.05, 4.69) is 9.88 Å². The molecule has 0 spiro atoms. The van der Waals surface area contributed by atoms with Gasteiger partial charge in [-0.1, -0.05) is 0 Å². The van der Waals surface area contributed by atoms with Crippen molar-refractivity contribution in [3.8, 4) is 5.88 Å². The zero-order valence-electron chi connectivity index (χ0n) is 12.1. The average Bonchev–Trinajstić information content (AvgIpc) is 2.39. The van der Waals surface area contributed by atoms with Crippen molar-refractivity contribution in [2.75, 3.05) is 33.2 Å². The van der Waals surface area contributed by atoms with Crippen LogP contribution < -0.4 is 4.74 Å². The molecule has 0 radical (unpaired) electrons. The minimum absolute atomic E-state index is 0.0163. The predicted molar refractivity (Wildman–Crippen MR) is 76.3 cm³/mol. The molecule has 1 aliphatic rings. The SMILES string of the molecule is CC(C)Oc1ccc(S(=O)(=O)N2CCN(C)CC2)cn1. The highest BCUT2D eigenvalue weighted by atomic mass is 32.2. The molecule has 1 aliphatic heterocycles. The highest BCUT2D eigenvalue weighted by molar-refractivity contribution is 7.89. The summed E-state index contributed by atoms with van der Waals surface area (Å²) < 4.78 is 31.8. The first-order valence-corrected chi connectivity index (χ1v) is 8.15. The molecule has 7 heteroatoms. The molecule has 0 unspecified atom stereocenters. The molecule has 0 bridgehead atoms. The van der Waals surface area contributed by atoms with E-state index < -0.39 is 10.0 Å². The fourth-order valence-electron chi connectivity index (χ4n) is 2.01. The van der Waals surface area contributed by atoms with Crippen LogP contribution in [0.3, 0.4) is 0 Å². The number of hydrogen-bond donors (Lipinski definition) is 0. The van der Waals surface area contributed by atoms with E-state index in [4.69, 9.17) is 4.74 Å². The van der Waals surface area contributed by atoms with Gasteiger partial charge >= 0.3 is 0 Å². The number of pyridine rings is 1. The molecule has 1 aromatic heterocycles. The number of likely N-dealkylation sites (N-methyl/N-ethyl adjacent to an activating group) is 1. The molecule has 0 amide bonds. The standard InChI is InChI=1S/C13H21N3O3S/c1-11(2)19-13-5-4-12(10-14-13)20(17,18)16-8-6-15(3)7-9-16/h4-5,10-11H,6-9H2,1-3H3. The molecule has 0 saturated carbocycles. The zero-order valence-corrected chi connectivity index (χ0v) is 12.9. The molecular formula is C13H21N3O3S. The molecule has 20 heavy (non-hydrogen) atoms. The fourth-order valence-corrected chi connectivity index (χ4v) is 3.38. The summed E-state index contributed by atoms with van der Waals surface area (Å²) in [4.78, 5) is 6.39. The van der Waals surface area contributed by atoms with E-state index in [-0.39, 0.29) is 11.0 Å². The maximum atomic E-state index is 12.5. The Balaban J connectivity index is 2.13. The molecule has 0 N–H and O–H groups in total. The fraction of sp³-hybridized carbons (Fsp3) is 0.615. The maximum absolute atomic E-state index is 12.5. The monoisotopic (exact) mass is 299 g/mol. The molecule has 0 aromatic carbocycles. The van der Waals surface area contributed by atoms with E-state index in [1.54, 1.807) is 12.1 Å². The number of ether oxygens (including phenoxy) is 1. The highest BCUT2D eigenvalue weighted by Crippen LogP contribution is 2.18. The van der Waals surface area contributed by atoms with Crippen molar-refractivity contribution in [3.63, 3.8) is 0 Å². The van der Waals surface area contributed by atoms with Gasteiger partial charge in [0, 0.05) is 32.2 Å². The molecule has 2 rings (SSSR count). The number of aromatic nitrogens is 1. The van der Waals surface area contributed by atoms with Crippen LogP contribution in [0.1, 0.15) is 13.8 Å². The Morgan fingerprint density at radius 3 is 2.35 bits per heavy atom. The van der Waals surface area contributed by atoms with Crippen LogP contribution in [0.4, 0.5) is 0 Å². The first-order valence-electron chi connectivity index (χ1n) is 6.71. The average molecular weight is 299 g/mol. The maximum Gasteiger partial charge on any atom is 0.244 e. The molecule has 0 atom stereocenters. The largest absolute Gasteiger partial charge is 0.475 e. The molecular weight excluding hydrogens is 278 g/mol. The Hall–Kier alpha value is -1.18. The Morgan fingerprint density at radius 1 is 1.20 bits per heavy atom. The summed E-state index contributed by atoms with van der Waals surface area (Å²) >= 11 is 0. The van der Waals surface area contributed by atoms with Gasteiger partial charge in [0.2, 0.25) is 15.9 Å². The van der Waals surface area contributed by atoms with Crippen LogP contribution in [-0.4, -0.2) is 61.9 Å². The van der Waals surface area contributed by atoms with Gasteiger partial charge in [-0.05, 0) is 27.0 Å².